The molecule has 136 valence electrons. The zero-order valence-electron chi connectivity index (χ0n) is 12.0. The molecule has 2 aliphatic heterocycles. The van der Waals surface area contributed by atoms with E-state index in [4.69, 9.17) is 14.6 Å². The fourth-order valence-electron chi connectivity index (χ4n) is 2.63. The van der Waals surface area contributed by atoms with Gasteiger partial charge in [-0.1, -0.05) is 0 Å². The Labute approximate surface area is 135 Å². The Bertz CT molecular complexity index is 398. The Morgan fingerprint density at radius 1 is 0.870 bits per heavy atom. The van der Waals surface area contributed by atoms with Gasteiger partial charge in [-0.15, -0.1) is 11.8 Å². The highest BCUT2D eigenvalue weighted by molar-refractivity contribution is 8.00. The van der Waals surface area contributed by atoms with Gasteiger partial charge in [-0.25, -0.2) is 0 Å². The highest BCUT2D eigenvalue weighted by Gasteiger charge is 2.58. The first-order valence-electron chi connectivity index (χ1n) is 7.05. The third-order valence-electron chi connectivity index (χ3n) is 4.07. The third kappa shape index (κ3) is 3.37. The van der Waals surface area contributed by atoms with Crippen LogP contribution in [0.4, 0.5) is 0 Å². The number of rotatable bonds is 5. The first-order chi connectivity index (χ1) is 10.8. The third-order valence-corrected chi connectivity index (χ3v) is 5.49. The first-order valence-corrected chi connectivity index (χ1v) is 7.99. The molecule has 0 radical (unpaired) electrons. The summed E-state index contributed by atoms with van der Waals surface area (Å²) < 4.78 is 10.6. The lowest BCUT2D eigenvalue weighted by Gasteiger charge is -2.42. The molecule has 0 aromatic rings. The molecule has 2 aliphatic rings. The summed E-state index contributed by atoms with van der Waals surface area (Å²) in [7, 11) is 0. The fraction of sp³-hybridized carbons (Fsp3) is 1.00. The minimum atomic E-state index is -2.12. The van der Waals surface area contributed by atoms with Crippen molar-refractivity contribution in [3.05, 3.63) is 0 Å². The molecule has 0 aromatic carbocycles. The van der Waals surface area contributed by atoms with E-state index < -0.39 is 72.9 Å². The molecule has 0 spiro atoms. The molecular formula is C12H22O10S. The first kappa shape index (κ1) is 19.3. The van der Waals surface area contributed by atoms with Crippen LogP contribution in [0.15, 0.2) is 0 Å². The highest BCUT2D eigenvalue weighted by atomic mass is 32.2. The molecule has 2 heterocycles. The van der Waals surface area contributed by atoms with E-state index in [-0.39, 0.29) is 0 Å². The predicted molar refractivity (Wildman–Crippen MR) is 75.1 cm³/mol. The summed E-state index contributed by atoms with van der Waals surface area (Å²) in [6, 6.07) is 0. The molecule has 2 saturated heterocycles. The lowest BCUT2D eigenvalue weighted by Crippen LogP contribution is -2.59. The Morgan fingerprint density at radius 3 is 2.00 bits per heavy atom. The van der Waals surface area contributed by atoms with E-state index in [1.807, 2.05) is 0 Å². The van der Waals surface area contributed by atoms with Gasteiger partial charge >= 0.3 is 0 Å². The topological polar surface area (TPSA) is 180 Å². The molecule has 0 amide bonds. The molecular weight excluding hydrogens is 336 g/mol. The van der Waals surface area contributed by atoms with Crippen LogP contribution in [0, 0.1) is 0 Å². The van der Waals surface area contributed by atoms with Crippen molar-refractivity contribution in [2.75, 3.05) is 19.8 Å². The predicted octanol–water partition coefficient (Wildman–Crippen LogP) is -4.68. The van der Waals surface area contributed by atoms with Crippen LogP contribution >= 0.6 is 11.8 Å². The molecule has 11 heteroatoms. The molecule has 9 atom stereocenters. The average molecular weight is 358 g/mol. The molecule has 0 saturated carbocycles. The highest BCUT2D eigenvalue weighted by Crippen LogP contribution is 2.40. The summed E-state index contributed by atoms with van der Waals surface area (Å²) in [6.45, 7) is -2.04. The number of aliphatic hydroxyl groups is 8. The standard InChI is InChI=1S/C12H22O10S/c13-1-4-6(16)10(20)12(3-15,21-4)22-11-9(19)8(18)7(17)5(2-14)23-11/h4-11,13-20H,1-3H2/t4-,5-,6-,7-,8+,9-,10+,11+,12-/m1/s1. The Kier molecular flexibility index (Phi) is 6.25. The summed E-state index contributed by atoms with van der Waals surface area (Å²) in [5.74, 6) is -2.12. The smallest absolute Gasteiger partial charge is 0.222 e. The number of aliphatic hydroxyl groups excluding tert-OH is 8. The van der Waals surface area contributed by atoms with Gasteiger partial charge in [-0.2, -0.15) is 0 Å². The number of thioether (sulfide) groups is 1. The average Bonchev–Trinajstić information content (AvgIpc) is 2.80. The van der Waals surface area contributed by atoms with Gasteiger partial charge in [-0.3, -0.25) is 0 Å². The number of hydrogen-bond donors (Lipinski definition) is 8. The zero-order chi connectivity index (χ0) is 17.4. The van der Waals surface area contributed by atoms with Crippen molar-refractivity contribution >= 4 is 11.8 Å². The summed E-state index contributed by atoms with van der Waals surface area (Å²) >= 11 is 0.786. The van der Waals surface area contributed by atoms with Crippen molar-refractivity contribution in [2.24, 2.45) is 0 Å². The van der Waals surface area contributed by atoms with E-state index in [0.717, 1.165) is 11.8 Å². The van der Waals surface area contributed by atoms with Crippen LogP contribution in [-0.2, 0) is 9.47 Å². The van der Waals surface area contributed by atoms with Crippen molar-refractivity contribution in [1.82, 2.24) is 0 Å². The lowest BCUT2D eigenvalue weighted by molar-refractivity contribution is -0.295. The van der Waals surface area contributed by atoms with E-state index in [0.29, 0.717) is 0 Å². The van der Waals surface area contributed by atoms with Crippen LogP contribution < -0.4 is 0 Å². The van der Waals surface area contributed by atoms with Gasteiger partial charge in [0.05, 0.1) is 24.6 Å². The summed E-state index contributed by atoms with van der Waals surface area (Å²) in [6.07, 6.45) is -9.05. The van der Waals surface area contributed by atoms with Crippen molar-refractivity contribution < 1.29 is 50.3 Å². The van der Waals surface area contributed by atoms with E-state index in [1.165, 1.54) is 0 Å². The largest absolute Gasteiger partial charge is 0.395 e. The van der Waals surface area contributed by atoms with Gasteiger partial charge in [-0.05, 0) is 0 Å². The number of hydrogen-bond acceptors (Lipinski definition) is 11. The SMILES string of the molecule is OC[C@H]1O[C@](CO)(O[C@H]2S[C@H](CO)[C@@H](O)[C@H](O)[C@H]2O)[C@@H](O)[C@@H]1O. The summed E-state index contributed by atoms with van der Waals surface area (Å²) in [5, 5.41) is 76.3. The summed E-state index contributed by atoms with van der Waals surface area (Å²) in [5.41, 5.74) is -1.27. The van der Waals surface area contributed by atoms with Crippen LogP contribution in [0.1, 0.15) is 0 Å². The van der Waals surface area contributed by atoms with Crippen LogP contribution in [0.3, 0.4) is 0 Å². The van der Waals surface area contributed by atoms with Gasteiger partial charge in [0.2, 0.25) is 5.79 Å². The summed E-state index contributed by atoms with van der Waals surface area (Å²) in [4.78, 5) is 0. The second-order valence-corrected chi connectivity index (χ2v) is 6.90. The Morgan fingerprint density at radius 2 is 1.52 bits per heavy atom. The molecule has 0 aromatic heterocycles. The van der Waals surface area contributed by atoms with Crippen LogP contribution in [-0.4, -0.2) is 114 Å². The van der Waals surface area contributed by atoms with Crippen molar-refractivity contribution in [2.45, 2.75) is 53.1 Å². The molecule has 2 rings (SSSR count). The molecule has 0 bridgehead atoms. The van der Waals surface area contributed by atoms with E-state index in [1.54, 1.807) is 0 Å². The minimum Gasteiger partial charge on any atom is -0.395 e. The molecule has 0 unspecified atom stereocenters. The van der Waals surface area contributed by atoms with Crippen molar-refractivity contribution in [3.8, 4) is 0 Å². The van der Waals surface area contributed by atoms with Crippen LogP contribution in [0.25, 0.3) is 0 Å². The van der Waals surface area contributed by atoms with Gasteiger partial charge < -0.3 is 50.3 Å². The molecule has 2 fully saturated rings. The maximum Gasteiger partial charge on any atom is 0.222 e. The van der Waals surface area contributed by atoms with E-state index in [2.05, 4.69) is 0 Å². The Balaban J connectivity index is 2.18. The maximum atomic E-state index is 10.0. The van der Waals surface area contributed by atoms with Gasteiger partial charge in [0.25, 0.3) is 0 Å². The second kappa shape index (κ2) is 7.45. The molecule has 0 aliphatic carbocycles. The molecule has 23 heavy (non-hydrogen) atoms. The van der Waals surface area contributed by atoms with Gasteiger partial charge in [0.1, 0.15) is 42.6 Å². The lowest BCUT2D eigenvalue weighted by atomic mass is 10.0. The van der Waals surface area contributed by atoms with E-state index >= 15 is 0 Å². The van der Waals surface area contributed by atoms with Gasteiger partial charge in [0, 0.05) is 0 Å². The van der Waals surface area contributed by atoms with Crippen LogP contribution in [0.5, 0.6) is 0 Å². The number of ether oxygens (including phenoxy) is 2. The molecule has 10 nitrogen and oxygen atoms in total. The maximum absolute atomic E-state index is 10.0. The second-order valence-electron chi connectivity index (χ2n) is 5.56. The normalized spacial score (nSPS) is 51.1. The minimum absolute atomic E-state index is 0.507. The van der Waals surface area contributed by atoms with Gasteiger partial charge in [0.15, 0.2) is 0 Å². The van der Waals surface area contributed by atoms with Crippen molar-refractivity contribution in [3.63, 3.8) is 0 Å². The quantitative estimate of drug-likeness (QED) is 0.237. The van der Waals surface area contributed by atoms with E-state index in [9.17, 15) is 35.7 Å². The Hall–Kier alpha value is -0.0500. The monoisotopic (exact) mass is 358 g/mol. The van der Waals surface area contributed by atoms with Crippen LogP contribution in [0.2, 0.25) is 0 Å². The zero-order valence-corrected chi connectivity index (χ0v) is 12.9. The molecule has 8 N–H and O–H groups in total. The van der Waals surface area contributed by atoms with Crippen molar-refractivity contribution in [1.29, 1.82) is 0 Å². The fourth-order valence-corrected chi connectivity index (χ4v) is 3.92.